The van der Waals surface area contributed by atoms with Crippen molar-refractivity contribution in [3.05, 3.63) is 33.8 Å². The van der Waals surface area contributed by atoms with E-state index in [0.29, 0.717) is 5.56 Å². The van der Waals surface area contributed by atoms with E-state index in [-0.39, 0.29) is 24.2 Å². The van der Waals surface area contributed by atoms with E-state index in [1.165, 1.54) is 0 Å². The first-order valence-electron chi connectivity index (χ1n) is 5.49. The molecule has 92 valence electrons. The molecule has 0 unspecified atom stereocenters. The average molecular weight is 298 g/mol. The van der Waals surface area contributed by atoms with E-state index < -0.39 is 0 Å². The molecule has 0 saturated carbocycles. The fourth-order valence-electron chi connectivity index (χ4n) is 1.29. The molecule has 0 saturated heterocycles. The number of aryl methyl sites for hydroxylation is 1. The summed E-state index contributed by atoms with van der Waals surface area (Å²) in [6.45, 7) is 5.63. The molecule has 1 N–H and O–H groups in total. The minimum Gasteiger partial charge on any atom is -0.345 e. The first-order valence-corrected chi connectivity index (χ1v) is 6.28. The second-order valence-electron chi connectivity index (χ2n) is 4.24. The zero-order valence-corrected chi connectivity index (χ0v) is 11.8. The molecule has 0 bridgehead atoms. The summed E-state index contributed by atoms with van der Waals surface area (Å²) in [5.74, 6) is -0.257. The molecule has 0 atom stereocenters. The molecule has 0 aromatic heterocycles. The van der Waals surface area contributed by atoms with E-state index >= 15 is 0 Å². The fourth-order valence-corrected chi connectivity index (χ4v) is 1.73. The fraction of sp³-hybridized carbons (Fsp3) is 0.385. The molecule has 0 aliphatic rings. The Labute approximate surface area is 110 Å². The highest BCUT2D eigenvalue weighted by Gasteiger charge is 2.13. The average Bonchev–Trinajstić information content (AvgIpc) is 2.29. The highest BCUT2D eigenvalue weighted by atomic mass is 79.9. The summed E-state index contributed by atoms with van der Waals surface area (Å²) < 4.78 is 0.773. The first kappa shape index (κ1) is 13.9. The van der Waals surface area contributed by atoms with Gasteiger partial charge in [0.25, 0.3) is 5.91 Å². The van der Waals surface area contributed by atoms with Crippen LogP contribution in [0.2, 0.25) is 0 Å². The van der Waals surface area contributed by atoms with Crippen molar-refractivity contribution in [1.29, 1.82) is 0 Å². The number of benzene rings is 1. The Morgan fingerprint density at radius 1 is 1.35 bits per heavy atom. The van der Waals surface area contributed by atoms with Crippen LogP contribution in [-0.4, -0.2) is 18.2 Å². The molecule has 0 spiro atoms. The van der Waals surface area contributed by atoms with Crippen LogP contribution in [0.5, 0.6) is 0 Å². The quantitative estimate of drug-likeness (QED) is 0.929. The maximum atomic E-state index is 11.9. The predicted molar refractivity (Wildman–Crippen MR) is 71.1 cm³/mol. The van der Waals surface area contributed by atoms with Crippen LogP contribution in [0.1, 0.15) is 29.8 Å². The Balaban J connectivity index is 2.71. The van der Waals surface area contributed by atoms with Gasteiger partial charge in [-0.3, -0.25) is 9.59 Å². The number of amides is 1. The number of halogens is 1. The molecule has 1 rings (SSSR count). The molecule has 3 nitrogen and oxygen atoms in total. The summed E-state index contributed by atoms with van der Waals surface area (Å²) in [5, 5.41) is 2.63. The second kappa shape index (κ2) is 5.96. The zero-order chi connectivity index (χ0) is 13.0. The van der Waals surface area contributed by atoms with Gasteiger partial charge >= 0.3 is 0 Å². The lowest BCUT2D eigenvalue weighted by Gasteiger charge is -2.09. The Kier molecular flexibility index (Phi) is 4.87. The van der Waals surface area contributed by atoms with Crippen LogP contribution >= 0.6 is 15.9 Å². The van der Waals surface area contributed by atoms with Gasteiger partial charge in [-0.25, -0.2) is 0 Å². The number of hydrogen-bond donors (Lipinski definition) is 1. The molecule has 1 aromatic rings. The van der Waals surface area contributed by atoms with Crippen molar-refractivity contribution in [2.45, 2.75) is 20.8 Å². The van der Waals surface area contributed by atoms with Crippen molar-refractivity contribution in [2.24, 2.45) is 5.92 Å². The van der Waals surface area contributed by atoms with Crippen molar-refractivity contribution >= 4 is 27.6 Å². The highest BCUT2D eigenvalue weighted by Crippen LogP contribution is 2.20. The number of rotatable bonds is 4. The van der Waals surface area contributed by atoms with Crippen molar-refractivity contribution in [1.82, 2.24) is 5.32 Å². The molecule has 1 amide bonds. The van der Waals surface area contributed by atoms with Crippen molar-refractivity contribution < 1.29 is 9.59 Å². The third-order valence-corrected chi connectivity index (χ3v) is 3.56. The topological polar surface area (TPSA) is 46.2 Å². The number of carbonyl (C=O) groups excluding carboxylic acids is 2. The van der Waals surface area contributed by atoms with Crippen molar-refractivity contribution in [2.75, 3.05) is 6.54 Å². The first-order chi connectivity index (χ1) is 7.93. The van der Waals surface area contributed by atoms with Gasteiger partial charge in [0.2, 0.25) is 0 Å². The second-order valence-corrected chi connectivity index (χ2v) is 5.03. The third kappa shape index (κ3) is 3.66. The van der Waals surface area contributed by atoms with Crippen molar-refractivity contribution in [3.8, 4) is 0 Å². The Hall–Kier alpha value is -1.16. The molecular weight excluding hydrogens is 282 g/mol. The van der Waals surface area contributed by atoms with E-state index in [2.05, 4.69) is 21.2 Å². The summed E-state index contributed by atoms with van der Waals surface area (Å²) in [4.78, 5) is 23.3. The smallest absolute Gasteiger partial charge is 0.252 e. The molecule has 4 heteroatoms. The summed E-state index contributed by atoms with van der Waals surface area (Å²) >= 11 is 3.37. The van der Waals surface area contributed by atoms with E-state index in [1.54, 1.807) is 6.07 Å². The van der Waals surface area contributed by atoms with E-state index in [4.69, 9.17) is 0 Å². The maximum absolute atomic E-state index is 11.9. The van der Waals surface area contributed by atoms with Gasteiger partial charge in [0.05, 0.1) is 12.1 Å². The van der Waals surface area contributed by atoms with Crippen LogP contribution in [0.4, 0.5) is 0 Å². The zero-order valence-electron chi connectivity index (χ0n) is 10.2. The van der Waals surface area contributed by atoms with Crippen LogP contribution < -0.4 is 5.32 Å². The molecule has 17 heavy (non-hydrogen) atoms. The molecule has 0 radical (unpaired) electrons. The lowest BCUT2D eigenvalue weighted by Crippen LogP contribution is -2.31. The van der Waals surface area contributed by atoms with E-state index in [9.17, 15) is 9.59 Å². The Morgan fingerprint density at radius 2 is 2.00 bits per heavy atom. The van der Waals surface area contributed by atoms with Crippen LogP contribution in [-0.2, 0) is 4.79 Å². The third-order valence-electron chi connectivity index (χ3n) is 2.50. The Bertz CT molecular complexity index is 441. The largest absolute Gasteiger partial charge is 0.345 e. The standard InChI is InChI=1S/C13H16BrNO2/c1-8(2)11(16)7-15-13(17)10-6-4-5-9(3)12(10)14/h4-6,8H,7H2,1-3H3,(H,15,17). The van der Waals surface area contributed by atoms with Gasteiger partial charge in [-0.05, 0) is 34.5 Å². The number of ketones is 1. The maximum Gasteiger partial charge on any atom is 0.252 e. The van der Waals surface area contributed by atoms with E-state index in [0.717, 1.165) is 10.0 Å². The predicted octanol–water partition coefficient (Wildman–Crippen LogP) is 2.71. The summed E-state index contributed by atoms with van der Waals surface area (Å²) in [7, 11) is 0. The molecule has 0 heterocycles. The molecule has 0 aliphatic heterocycles. The van der Waals surface area contributed by atoms with Gasteiger partial charge in [0, 0.05) is 10.4 Å². The minimum absolute atomic E-state index is 0.0297. The number of Topliss-reactive ketones (excluding diaryl/α,β-unsaturated/α-hetero) is 1. The lowest BCUT2D eigenvalue weighted by atomic mass is 10.1. The molecule has 0 aliphatic carbocycles. The van der Waals surface area contributed by atoms with Crippen LogP contribution in [0.25, 0.3) is 0 Å². The van der Waals surface area contributed by atoms with E-state index in [1.807, 2.05) is 32.9 Å². The van der Waals surface area contributed by atoms with Crippen LogP contribution in [0, 0.1) is 12.8 Å². The number of hydrogen-bond acceptors (Lipinski definition) is 2. The monoisotopic (exact) mass is 297 g/mol. The lowest BCUT2D eigenvalue weighted by molar-refractivity contribution is -0.120. The van der Waals surface area contributed by atoms with Crippen molar-refractivity contribution in [3.63, 3.8) is 0 Å². The molecular formula is C13H16BrNO2. The molecule has 0 fully saturated rings. The summed E-state index contributed by atoms with van der Waals surface area (Å²) in [6.07, 6.45) is 0. The van der Waals surface area contributed by atoms with Gasteiger partial charge in [-0.15, -0.1) is 0 Å². The van der Waals surface area contributed by atoms with Gasteiger partial charge in [-0.2, -0.15) is 0 Å². The van der Waals surface area contributed by atoms with Gasteiger partial charge in [0.15, 0.2) is 5.78 Å². The van der Waals surface area contributed by atoms with Gasteiger partial charge in [0.1, 0.15) is 0 Å². The number of nitrogens with one attached hydrogen (secondary N) is 1. The molecule has 1 aromatic carbocycles. The number of carbonyl (C=O) groups is 2. The van der Waals surface area contributed by atoms with Crippen LogP contribution in [0.3, 0.4) is 0 Å². The van der Waals surface area contributed by atoms with Gasteiger partial charge < -0.3 is 5.32 Å². The highest BCUT2D eigenvalue weighted by molar-refractivity contribution is 9.10. The summed E-state index contributed by atoms with van der Waals surface area (Å²) in [6, 6.07) is 5.46. The normalized spacial score (nSPS) is 10.4. The summed E-state index contributed by atoms with van der Waals surface area (Å²) in [5.41, 5.74) is 1.55. The van der Waals surface area contributed by atoms with Crippen LogP contribution in [0.15, 0.2) is 22.7 Å². The Morgan fingerprint density at radius 3 is 2.59 bits per heavy atom. The van der Waals surface area contributed by atoms with Gasteiger partial charge in [-0.1, -0.05) is 26.0 Å². The SMILES string of the molecule is Cc1cccc(C(=O)NCC(=O)C(C)C)c1Br. The minimum atomic E-state index is -0.227.